The first kappa shape index (κ1) is 28.3. The van der Waals surface area contributed by atoms with Gasteiger partial charge in [-0.05, 0) is 82.1 Å². The number of hydrogen-bond donors (Lipinski definition) is 0. The molecule has 0 saturated heterocycles. The topological polar surface area (TPSA) is 3.24 Å². The summed E-state index contributed by atoms with van der Waals surface area (Å²) in [7, 11) is 0. The highest BCUT2D eigenvalue weighted by Crippen LogP contribution is 2.45. The highest BCUT2D eigenvalue weighted by Gasteiger charge is 2.19. The smallest absolute Gasteiger partial charge is 0.0540 e. The molecule has 0 atom stereocenters. The van der Waals surface area contributed by atoms with E-state index in [4.69, 9.17) is 0 Å². The predicted molar refractivity (Wildman–Crippen MR) is 215 cm³/mol. The van der Waals surface area contributed by atoms with Gasteiger partial charge >= 0.3 is 0 Å². The van der Waals surface area contributed by atoms with E-state index in [1.165, 1.54) is 73.4 Å². The summed E-state index contributed by atoms with van der Waals surface area (Å²) in [5.74, 6) is 0. The molecule has 3 heteroatoms. The van der Waals surface area contributed by atoms with E-state index in [-0.39, 0.29) is 0 Å². The predicted octanol–water partition coefficient (Wildman–Crippen LogP) is 14.4. The van der Waals surface area contributed by atoms with Crippen LogP contribution in [0.3, 0.4) is 0 Å². The van der Waals surface area contributed by atoms with Gasteiger partial charge in [0.25, 0.3) is 0 Å². The van der Waals surface area contributed by atoms with Crippen molar-refractivity contribution in [2.24, 2.45) is 0 Å². The Balaban J connectivity index is 1.15. The van der Waals surface area contributed by atoms with E-state index in [1.54, 1.807) is 0 Å². The molecule has 230 valence electrons. The van der Waals surface area contributed by atoms with Crippen LogP contribution in [0.5, 0.6) is 0 Å². The Hall–Kier alpha value is -5.74. The average Bonchev–Trinajstić information content (AvgIpc) is 3.73. The van der Waals surface area contributed by atoms with Crippen LogP contribution in [0.1, 0.15) is 0 Å². The highest BCUT2D eigenvalue weighted by molar-refractivity contribution is 7.26. The number of para-hydroxylation sites is 1. The van der Waals surface area contributed by atoms with Crippen molar-refractivity contribution >= 4 is 90.9 Å². The SMILES string of the molecule is c1ccc(-c2ccccc2N(c2ccc(-c3cccc4c3sc3ccccc34)cc2)c2ccc3cc4sc5ccccc5c4cc3c2)cc1. The lowest BCUT2D eigenvalue weighted by atomic mass is 9.99. The molecule has 0 aliphatic carbocycles. The van der Waals surface area contributed by atoms with E-state index in [9.17, 15) is 0 Å². The standard InChI is InChI=1S/C46H29NS2/c1-2-11-30(12-3-1)36-13-4-7-18-42(36)47(35-26-23-32-29-45-41(28-33(32)27-35)39-15-6-8-19-43(39)48-45)34-24-21-31(22-25-34)37-16-10-17-40-38-14-5-9-20-44(38)49-46(37)40/h1-29H. The molecular weight excluding hydrogens is 631 g/mol. The maximum absolute atomic E-state index is 2.42. The van der Waals surface area contributed by atoms with Crippen molar-refractivity contribution in [1.82, 2.24) is 0 Å². The molecule has 0 saturated carbocycles. The summed E-state index contributed by atoms with van der Waals surface area (Å²) in [6, 6.07) is 64.4. The molecule has 0 bridgehead atoms. The number of benzene rings is 8. The van der Waals surface area contributed by atoms with Gasteiger partial charge < -0.3 is 4.90 Å². The summed E-state index contributed by atoms with van der Waals surface area (Å²) in [5.41, 5.74) is 8.30. The zero-order valence-electron chi connectivity index (χ0n) is 26.5. The highest BCUT2D eigenvalue weighted by atomic mass is 32.1. The largest absolute Gasteiger partial charge is 0.310 e. The van der Waals surface area contributed by atoms with Gasteiger partial charge in [-0.3, -0.25) is 0 Å². The van der Waals surface area contributed by atoms with E-state index in [0.29, 0.717) is 0 Å². The molecule has 10 rings (SSSR count). The number of thiophene rings is 2. The molecule has 0 N–H and O–H groups in total. The number of fused-ring (bicyclic) bond motifs is 7. The molecule has 0 aliphatic heterocycles. The van der Waals surface area contributed by atoms with E-state index >= 15 is 0 Å². The normalized spacial score (nSPS) is 11.7. The molecule has 10 aromatic rings. The fourth-order valence-electron chi connectivity index (χ4n) is 7.32. The van der Waals surface area contributed by atoms with Crippen LogP contribution in [-0.2, 0) is 0 Å². The van der Waals surface area contributed by atoms with Gasteiger partial charge in [-0.25, -0.2) is 0 Å². The van der Waals surface area contributed by atoms with E-state index in [0.717, 1.165) is 17.1 Å². The Kier molecular flexibility index (Phi) is 6.61. The fraction of sp³-hybridized carbons (Fsp3) is 0. The quantitative estimate of drug-likeness (QED) is 0.178. The van der Waals surface area contributed by atoms with Crippen LogP contribution < -0.4 is 4.90 Å². The first-order valence-corrected chi connectivity index (χ1v) is 18.2. The Labute approximate surface area is 292 Å². The summed E-state index contributed by atoms with van der Waals surface area (Å²) < 4.78 is 5.33. The van der Waals surface area contributed by atoms with Crippen LogP contribution in [0.4, 0.5) is 17.1 Å². The van der Waals surface area contributed by atoms with Crippen LogP contribution in [0.25, 0.3) is 73.4 Å². The van der Waals surface area contributed by atoms with Crippen LogP contribution >= 0.6 is 22.7 Å². The van der Waals surface area contributed by atoms with Crippen LogP contribution in [0, 0.1) is 0 Å². The molecule has 2 heterocycles. The molecule has 2 aromatic heterocycles. The summed E-state index contributed by atoms with van der Waals surface area (Å²) >= 11 is 3.75. The Morgan fingerprint density at radius 2 is 0.980 bits per heavy atom. The molecular formula is C46H29NS2. The van der Waals surface area contributed by atoms with Gasteiger partial charge in [0.1, 0.15) is 0 Å². The Bertz CT molecular complexity index is 2830. The third-order valence-corrected chi connectivity index (χ3v) is 12.0. The lowest BCUT2D eigenvalue weighted by molar-refractivity contribution is 1.29. The van der Waals surface area contributed by atoms with Crippen molar-refractivity contribution in [3.8, 4) is 22.3 Å². The van der Waals surface area contributed by atoms with Gasteiger partial charge in [-0.1, -0.05) is 121 Å². The number of rotatable bonds is 5. The molecule has 0 aliphatic rings. The molecule has 49 heavy (non-hydrogen) atoms. The maximum atomic E-state index is 2.42. The molecule has 0 radical (unpaired) electrons. The maximum Gasteiger partial charge on any atom is 0.0540 e. The van der Waals surface area contributed by atoms with E-state index in [1.807, 2.05) is 22.7 Å². The van der Waals surface area contributed by atoms with Crippen molar-refractivity contribution in [3.05, 3.63) is 176 Å². The fourth-order valence-corrected chi connectivity index (χ4v) is 9.69. The molecule has 8 aromatic carbocycles. The van der Waals surface area contributed by atoms with Crippen molar-refractivity contribution in [3.63, 3.8) is 0 Å². The van der Waals surface area contributed by atoms with E-state index in [2.05, 4.69) is 181 Å². The second-order valence-electron chi connectivity index (χ2n) is 12.5. The third-order valence-electron chi connectivity index (χ3n) is 9.65. The molecule has 0 fully saturated rings. The first-order chi connectivity index (χ1) is 24.3. The summed E-state index contributed by atoms with van der Waals surface area (Å²) in [6.45, 7) is 0. The first-order valence-electron chi connectivity index (χ1n) is 16.6. The monoisotopic (exact) mass is 659 g/mol. The number of nitrogens with zero attached hydrogens (tertiary/aromatic N) is 1. The van der Waals surface area contributed by atoms with Crippen molar-refractivity contribution in [1.29, 1.82) is 0 Å². The Morgan fingerprint density at radius 1 is 0.347 bits per heavy atom. The average molecular weight is 660 g/mol. The summed E-state index contributed by atoms with van der Waals surface area (Å²) in [5, 5.41) is 7.79. The molecule has 0 spiro atoms. The van der Waals surface area contributed by atoms with Crippen LogP contribution in [-0.4, -0.2) is 0 Å². The van der Waals surface area contributed by atoms with Crippen LogP contribution in [0.2, 0.25) is 0 Å². The van der Waals surface area contributed by atoms with Gasteiger partial charge in [0.2, 0.25) is 0 Å². The summed E-state index contributed by atoms with van der Waals surface area (Å²) in [4.78, 5) is 2.42. The lowest BCUT2D eigenvalue weighted by Gasteiger charge is -2.28. The zero-order valence-corrected chi connectivity index (χ0v) is 28.1. The Morgan fingerprint density at radius 3 is 1.82 bits per heavy atom. The molecule has 0 amide bonds. The van der Waals surface area contributed by atoms with Gasteiger partial charge in [0, 0.05) is 57.3 Å². The second kappa shape index (κ2) is 11.5. The van der Waals surface area contributed by atoms with Crippen molar-refractivity contribution < 1.29 is 0 Å². The number of hydrogen-bond acceptors (Lipinski definition) is 3. The van der Waals surface area contributed by atoms with E-state index < -0.39 is 0 Å². The second-order valence-corrected chi connectivity index (χ2v) is 14.7. The van der Waals surface area contributed by atoms with Gasteiger partial charge in [0.05, 0.1) is 5.69 Å². The van der Waals surface area contributed by atoms with Crippen LogP contribution in [0.15, 0.2) is 176 Å². The number of anilines is 3. The minimum absolute atomic E-state index is 1.12. The molecule has 0 unspecified atom stereocenters. The third kappa shape index (κ3) is 4.74. The van der Waals surface area contributed by atoms with Crippen molar-refractivity contribution in [2.45, 2.75) is 0 Å². The minimum Gasteiger partial charge on any atom is -0.310 e. The van der Waals surface area contributed by atoms with Crippen molar-refractivity contribution in [2.75, 3.05) is 4.90 Å². The molecule has 1 nitrogen and oxygen atoms in total. The lowest BCUT2D eigenvalue weighted by Crippen LogP contribution is -2.11. The minimum atomic E-state index is 1.12. The summed E-state index contributed by atoms with van der Waals surface area (Å²) in [6.07, 6.45) is 0. The van der Waals surface area contributed by atoms with Gasteiger partial charge in [-0.15, -0.1) is 22.7 Å². The zero-order chi connectivity index (χ0) is 32.3. The van der Waals surface area contributed by atoms with Gasteiger partial charge in [-0.2, -0.15) is 0 Å². The van der Waals surface area contributed by atoms with Gasteiger partial charge in [0.15, 0.2) is 0 Å².